The van der Waals surface area contributed by atoms with Crippen LogP contribution in [0.1, 0.15) is 23.2 Å². The van der Waals surface area contributed by atoms with Crippen molar-refractivity contribution in [3.63, 3.8) is 0 Å². The van der Waals surface area contributed by atoms with Crippen LogP contribution >= 0.6 is 0 Å². The average Bonchev–Trinajstić information content (AvgIpc) is 3.10. The van der Waals surface area contributed by atoms with Gasteiger partial charge in [0.25, 0.3) is 0 Å². The number of anilines is 1. The van der Waals surface area contributed by atoms with Gasteiger partial charge in [-0.1, -0.05) is 24.3 Å². The number of halogens is 2. The number of aryl methyl sites for hydroxylation is 2. The molecule has 0 saturated heterocycles. The number of hydrogen-bond acceptors (Lipinski definition) is 3. The molecule has 1 N–H and O–H groups in total. The third kappa shape index (κ3) is 5.26. The number of carbonyl (C=O) groups is 1. The molecule has 3 aromatic carbocycles. The summed E-state index contributed by atoms with van der Waals surface area (Å²) in [5.74, 6) is -0.286. The van der Waals surface area contributed by atoms with Gasteiger partial charge in [0.2, 0.25) is 11.8 Å². The van der Waals surface area contributed by atoms with E-state index in [4.69, 9.17) is 4.74 Å². The van der Waals surface area contributed by atoms with Crippen LogP contribution in [-0.4, -0.2) is 15.7 Å². The topological polar surface area (TPSA) is 56.2 Å². The molecule has 5 nitrogen and oxygen atoms in total. The minimum atomic E-state index is -0.491. The van der Waals surface area contributed by atoms with E-state index in [-0.39, 0.29) is 23.8 Å². The monoisotopic (exact) mass is 447 g/mol. The van der Waals surface area contributed by atoms with Crippen LogP contribution in [0, 0.1) is 25.5 Å². The Hall–Kier alpha value is -4.00. The van der Waals surface area contributed by atoms with Crippen LogP contribution in [0.15, 0.2) is 72.8 Å². The van der Waals surface area contributed by atoms with Gasteiger partial charge in [-0.2, -0.15) is 5.10 Å². The van der Waals surface area contributed by atoms with Crippen LogP contribution in [-0.2, 0) is 11.2 Å². The lowest BCUT2D eigenvalue weighted by atomic mass is 10.1. The highest BCUT2D eigenvalue weighted by atomic mass is 19.1. The van der Waals surface area contributed by atoms with E-state index in [0.717, 1.165) is 16.8 Å². The zero-order valence-corrected chi connectivity index (χ0v) is 18.3. The summed E-state index contributed by atoms with van der Waals surface area (Å²) in [5, 5.41) is 7.24. The van der Waals surface area contributed by atoms with Gasteiger partial charge in [0, 0.05) is 12.0 Å². The predicted molar refractivity (Wildman–Crippen MR) is 123 cm³/mol. The largest absolute Gasteiger partial charge is 0.439 e. The zero-order chi connectivity index (χ0) is 23.4. The molecule has 33 heavy (non-hydrogen) atoms. The van der Waals surface area contributed by atoms with Crippen molar-refractivity contribution in [1.29, 1.82) is 0 Å². The van der Waals surface area contributed by atoms with Crippen molar-refractivity contribution in [3.05, 3.63) is 101 Å². The molecular weight excluding hydrogens is 424 g/mol. The summed E-state index contributed by atoms with van der Waals surface area (Å²) in [6.45, 7) is 3.82. The van der Waals surface area contributed by atoms with E-state index in [1.54, 1.807) is 16.8 Å². The molecule has 0 saturated carbocycles. The third-order valence-corrected chi connectivity index (χ3v) is 5.16. The first-order chi connectivity index (χ1) is 15.9. The SMILES string of the molecule is Cc1cccc(-n2nc(C)c(CCC(=O)Nc3ccccc3F)c2Oc2ccc(F)cc2)c1. The maximum atomic E-state index is 13.9. The summed E-state index contributed by atoms with van der Waals surface area (Å²) in [7, 11) is 0. The molecule has 4 rings (SSSR count). The lowest BCUT2D eigenvalue weighted by Gasteiger charge is -2.12. The molecule has 0 radical (unpaired) electrons. The molecule has 0 atom stereocenters. The number of para-hydroxylation sites is 1. The fourth-order valence-electron chi connectivity index (χ4n) is 3.49. The van der Waals surface area contributed by atoms with Crippen molar-refractivity contribution in [2.24, 2.45) is 0 Å². The van der Waals surface area contributed by atoms with Crippen LogP contribution in [0.2, 0.25) is 0 Å². The molecule has 0 unspecified atom stereocenters. The lowest BCUT2D eigenvalue weighted by molar-refractivity contribution is -0.116. The van der Waals surface area contributed by atoms with Gasteiger partial charge < -0.3 is 10.1 Å². The zero-order valence-electron chi connectivity index (χ0n) is 18.3. The van der Waals surface area contributed by atoms with E-state index in [0.29, 0.717) is 23.7 Å². The fraction of sp³-hybridized carbons (Fsp3) is 0.154. The molecular formula is C26H23F2N3O2. The van der Waals surface area contributed by atoms with Crippen molar-refractivity contribution < 1.29 is 18.3 Å². The Morgan fingerprint density at radius 2 is 1.76 bits per heavy atom. The number of carbonyl (C=O) groups excluding carboxylic acids is 1. The Balaban J connectivity index is 1.62. The Labute approximate surface area is 190 Å². The van der Waals surface area contributed by atoms with E-state index in [9.17, 15) is 13.6 Å². The van der Waals surface area contributed by atoms with Crippen LogP contribution in [0.5, 0.6) is 11.6 Å². The first kappa shape index (κ1) is 22.2. The van der Waals surface area contributed by atoms with E-state index >= 15 is 0 Å². The summed E-state index contributed by atoms with van der Waals surface area (Å²) in [6, 6.07) is 19.5. The molecule has 1 heterocycles. The lowest BCUT2D eigenvalue weighted by Crippen LogP contribution is -2.13. The minimum Gasteiger partial charge on any atom is -0.439 e. The predicted octanol–water partition coefficient (Wildman–Crippen LogP) is 6.13. The van der Waals surface area contributed by atoms with Gasteiger partial charge >= 0.3 is 0 Å². The standard InChI is InChI=1S/C26H23F2N3O2/c1-17-6-5-7-20(16-17)31-26(33-21-12-10-19(27)11-13-21)22(18(2)30-31)14-15-25(32)29-24-9-4-3-8-23(24)28/h3-13,16H,14-15H2,1-2H3,(H,29,32). The van der Waals surface area contributed by atoms with E-state index < -0.39 is 5.82 Å². The Bertz CT molecular complexity index is 1280. The third-order valence-electron chi connectivity index (χ3n) is 5.16. The minimum absolute atomic E-state index is 0.106. The van der Waals surface area contributed by atoms with Crippen LogP contribution in [0.3, 0.4) is 0 Å². The molecule has 0 fully saturated rings. The van der Waals surface area contributed by atoms with Crippen LogP contribution < -0.4 is 10.1 Å². The molecule has 0 aliphatic carbocycles. The normalized spacial score (nSPS) is 10.8. The van der Waals surface area contributed by atoms with Crippen LogP contribution in [0.4, 0.5) is 14.5 Å². The average molecular weight is 447 g/mol. The van der Waals surface area contributed by atoms with Crippen molar-refractivity contribution in [2.45, 2.75) is 26.7 Å². The molecule has 7 heteroatoms. The Kier molecular flexibility index (Phi) is 6.49. The van der Waals surface area contributed by atoms with Gasteiger partial charge in [-0.05, 0) is 74.4 Å². The van der Waals surface area contributed by atoms with Gasteiger partial charge in [0.05, 0.1) is 17.1 Å². The highest BCUT2D eigenvalue weighted by Crippen LogP contribution is 2.32. The van der Waals surface area contributed by atoms with E-state index in [2.05, 4.69) is 10.4 Å². The van der Waals surface area contributed by atoms with Gasteiger partial charge in [-0.25, -0.2) is 13.5 Å². The first-order valence-corrected chi connectivity index (χ1v) is 10.5. The summed E-state index contributed by atoms with van der Waals surface area (Å²) < 4.78 is 35.0. The number of hydrogen-bond donors (Lipinski definition) is 1. The maximum absolute atomic E-state index is 13.9. The second-order valence-corrected chi connectivity index (χ2v) is 7.70. The number of benzene rings is 3. The second kappa shape index (κ2) is 9.65. The summed E-state index contributed by atoms with van der Waals surface area (Å²) in [5.41, 5.74) is 3.44. The van der Waals surface area contributed by atoms with Crippen LogP contribution in [0.25, 0.3) is 5.69 Å². The van der Waals surface area contributed by atoms with Crippen molar-refractivity contribution in [2.75, 3.05) is 5.32 Å². The summed E-state index contributed by atoms with van der Waals surface area (Å²) in [4.78, 5) is 12.5. The molecule has 0 bridgehead atoms. The number of nitrogens with one attached hydrogen (secondary N) is 1. The molecule has 0 aliphatic heterocycles. The quantitative estimate of drug-likeness (QED) is 0.371. The van der Waals surface area contributed by atoms with Gasteiger partial charge in [-0.3, -0.25) is 4.79 Å². The Morgan fingerprint density at radius 3 is 2.48 bits per heavy atom. The summed E-state index contributed by atoms with van der Waals surface area (Å²) in [6.07, 6.45) is 0.433. The van der Waals surface area contributed by atoms with Gasteiger partial charge in [-0.15, -0.1) is 0 Å². The highest BCUT2D eigenvalue weighted by molar-refractivity contribution is 5.91. The summed E-state index contributed by atoms with van der Waals surface area (Å²) >= 11 is 0. The maximum Gasteiger partial charge on any atom is 0.226 e. The highest BCUT2D eigenvalue weighted by Gasteiger charge is 2.20. The smallest absolute Gasteiger partial charge is 0.226 e. The number of amides is 1. The molecule has 4 aromatic rings. The molecule has 1 amide bonds. The van der Waals surface area contributed by atoms with Gasteiger partial charge in [0.1, 0.15) is 17.4 Å². The molecule has 1 aromatic heterocycles. The second-order valence-electron chi connectivity index (χ2n) is 7.70. The number of nitrogens with zero attached hydrogens (tertiary/aromatic N) is 2. The fourth-order valence-corrected chi connectivity index (χ4v) is 3.49. The Morgan fingerprint density at radius 1 is 1.00 bits per heavy atom. The van der Waals surface area contributed by atoms with Crippen molar-refractivity contribution in [1.82, 2.24) is 9.78 Å². The molecule has 0 spiro atoms. The number of ether oxygens (including phenoxy) is 1. The number of rotatable bonds is 7. The van der Waals surface area contributed by atoms with Crippen molar-refractivity contribution in [3.8, 4) is 17.3 Å². The molecule has 0 aliphatic rings. The van der Waals surface area contributed by atoms with Gasteiger partial charge in [0.15, 0.2) is 0 Å². The molecule has 168 valence electrons. The van der Waals surface area contributed by atoms with E-state index in [1.807, 2.05) is 38.1 Å². The number of aromatic nitrogens is 2. The van der Waals surface area contributed by atoms with E-state index in [1.165, 1.54) is 36.4 Å². The first-order valence-electron chi connectivity index (χ1n) is 10.5. The van der Waals surface area contributed by atoms with Crippen molar-refractivity contribution >= 4 is 11.6 Å².